The summed E-state index contributed by atoms with van der Waals surface area (Å²) in [6.07, 6.45) is 5.27. The molecule has 1 aliphatic carbocycles. The average Bonchev–Trinajstić information content (AvgIpc) is 2.74. The van der Waals surface area contributed by atoms with Crippen LogP contribution in [0.3, 0.4) is 0 Å². The third-order valence-corrected chi connectivity index (χ3v) is 5.40. The molecule has 2 fully saturated rings. The topological polar surface area (TPSA) is 57.6 Å². The monoisotopic (exact) mass is 295 g/mol. The quantitative estimate of drug-likeness (QED) is 0.851. The van der Waals surface area contributed by atoms with Crippen LogP contribution < -0.4 is 0 Å². The van der Waals surface area contributed by atoms with Crippen LogP contribution in [0.2, 0.25) is 0 Å². The molecule has 1 saturated heterocycles. The number of rotatable bonds is 2. The Kier molecular flexibility index (Phi) is 4.95. The van der Waals surface area contributed by atoms with E-state index in [4.69, 9.17) is 5.11 Å². The van der Waals surface area contributed by atoms with E-state index in [0.717, 1.165) is 32.4 Å². The average molecular weight is 295 g/mol. The van der Waals surface area contributed by atoms with Crippen molar-refractivity contribution in [3.8, 4) is 0 Å². The number of hydrogen-bond donors (Lipinski definition) is 1. The highest BCUT2D eigenvalue weighted by molar-refractivity contribution is 5.81. The first-order chi connectivity index (χ1) is 9.79. The number of hydrogen-bond acceptors (Lipinski definition) is 2. The third-order valence-electron chi connectivity index (χ3n) is 5.40. The van der Waals surface area contributed by atoms with Gasteiger partial charge in [0.2, 0.25) is 5.91 Å². The summed E-state index contributed by atoms with van der Waals surface area (Å²) in [5.74, 6) is -0.238. The van der Waals surface area contributed by atoms with Gasteiger partial charge < -0.3 is 10.0 Å². The van der Waals surface area contributed by atoms with Crippen molar-refractivity contribution in [2.75, 3.05) is 13.1 Å². The summed E-state index contributed by atoms with van der Waals surface area (Å²) >= 11 is 0. The summed E-state index contributed by atoms with van der Waals surface area (Å²) in [5.41, 5.74) is 0.306. The van der Waals surface area contributed by atoms with Gasteiger partial charge in [0, 0.05) is 19.0 Å². The lowest BCUT2D eigenvalue weighted by molar-refractivity contribution is -0.141. The lowest BCUT2D eigenvalue weighted by atomic mass is 9.77. The molecule has 1 amide bonds. The van der Waals surface area contributed by atoms with Crippen molar-refractivity contribution in [3.05, 3.63) is 0 Å². The van der Waals surface area contributed by atoms with Gasteiger partial charge in [0.1, 0.15) is 0 Å². The van der Waals surface area contributed by atoms with Crippen LogP contribution in [0.1, 0.15) is 59.3 Å². The van der Waals surface area contributed by atoms with E-state index in [2.05, 4.69) is 20.8 Å². The second-order valence-electron chi connectivity index (χ2n) is 7.86. The summed E-state index contributed by atoms with van der Waals surface area (Å²) in [6, 6.07) is 0. The molecule has 21 heavy (non-hydrogen) atoms. The molecule has 0 radical (unpaired) electrons. The first kappa shape index (κ1) is 16.3. The molecule has 0 bridgehead atoms. The van der Waals surface area contributed by atoms with E-state index >= 15 is 0 Å². The van der Waals surface area contributed by atoms with Crippen molar-refractivity contribution in [1.82, 2.24) is 4.90 Å². The zero-order valence-corrected chi connectivity index (χ0v) is 13.6. The van der Waals surface area contributed by atoms with Crippen LogP contribution in [0.4, 0.5) is 0 Å². The number of carboxylic acids is 1. The number of carbonyl (C=O) groups excluding carboxylic acids is 1. The molecule has 120 valence electrons. The number of carboxylic acid groups (broad SMARTS) is 1. The predicted octanol–water partition coefficient (Wildman–Crippen LogP) is 3.16. The Hall–Kier alpha value is -1.06. The SMILES string of the molecule is CC(C)(C)C1CCCN(C(=O)C2CCC(C(=O)O)C2)CC1. The highest BCUT2D eigenvalue weighted by Crippen LogP contribution is 2.36. The lowest BCUT2D eigenvalue weighted by Crippen LogP contribution is -2.36. The van der Waals surface area contributed by atoms with E-state index in [-0.39, 0.29) is 17.7 Å². The van der Waals surface area contributed by atoms with Gasteiger partial charge >= 0.3 is 5.97 Å². The van der Waals surface area contributed by atoms with Gasteiger partial charge in [-0.25, -0.2) is 0 Å². The standard InChI is InChI=1S/C17H29NO3/c1-17(2,3)14-5-4-9-18(10-8-14)15(19)12-6-7-13(11-12)16(20)21/h12-14H,4-11H2,1-3H3,(H,20,21). The van der Waals surface area contributed by atoms with Crippen LogP contribution in [0.15, 0.2) is 0 Å². The van der Waals surface area contributed by atoms with Gasteiger partial charge in [-0.1, -0.05) is 20.8 Å². The van der Waals surface area contributed by atoms with Crippen LogP contribution in [0.25, 0.3) is 0 Å². The molecule has 1 N–H and O–H groups in total. The smallest absolute Gasteiger partial charge is 0.306 e. The maximum absolute atomic E-state index is 12.6. The first-order valence-electron chi connectivity index (χ1n) is 8.30. The minimum Gasteiger partial charge on any atom is -0.481 e. The molecule has 1 saturated carbocycles. The number of amides is 1. The predicted molar refractivity (Wildman–Crippen MR) is 81.8 cm³/mol. The molecule has 3 atom stereocenters. The van der Waals surface area contributed by atoms with Gasteiger partial charge in [-0.2, -0.15) is 0 Å². The number of nitrogens with zero attached hydrogens (tertiary/aromatic N) is 1. The second-order valence-corrected chi connectivity index (χ2v) is 7.86. The van der Waals surface area contributed by atoms with Crippen LogP contribution in [0.5, 0.6) is 0 Å². The van der Waals surface area contributed by atoms with Crippen LogP contribution in [0, 0.1) is 23.2 Å². The molecule has 2 rings (SSSR count). The van der Waals surface area contributed by atoms with Crippen LogP contribution >= 0.6 is 0 Å². The largest absolute Gasteiger partial charge is 0.481 e. The summed E-state index contributed by atoms with van der Waals surface area (Å²) in [6.45, 7) is 8.53. The van der Waals surface area contributed by atoms with E-state index < -0.39 is 5.97 Å². The van der Waals surface area contributed by atoms with Gasteiger partial charge in [0.15, 0.2) is 0 Å². The Morgan fingerprint density at radius 1 is 1.00 bits per heavy atom. The van der Waals surface area contributed by atoms with Crippen molar-refractivity contribution in [2.45, 2.75) is 59.3 Å². The van der Waals surface area contributed by atoms with Crippen LogP contribution in [-0.4, -0.2) is 35.0 Å². The maximum Gasteiger partial charge on any atom is 0.306 e. The summed E-state index contributed by atoms with van der Waals surface area (Å²) in [5, 5.41) is 9.07. The molecule has 1 heterocycles. The number of carbonyl (C=O) groups is 2. The van der Waals surface area contributed by atoms with Gasteiger partial charge in [-0.05, 0) is 49.9 Å². The number of likely N-dealkylation sites (tertiary alicyclic amines) is 1. The Balaban J connectivity index is 1.91. The zero-order valence-electron chi connectivity index (χ0n) is 13.6. The molecule has 2 aliphatic rings. The van der Waals surface area contributed by atoms with E-state index in [1.54, 1.807) is 0 Å². The van der Waals surface area contributed by atoms with Crippen molar-refractivity contribution in [3.63, 3.8) is 0 Å². The van der Waals surface area contributed by atoms with Crippen LogP contribution in [-0.2, 0) is 9.59 Å². The van der Waals surface area contributed by atoms with E-state index in [1.165, 1.54) is 6.42 Å². The maximum atomic E-state index is 12.6. The molecule has 4 heteroatoms. The summed E-state index contributed by atoms with van der Waals surface area (Å²) in [7, 11) is 0. The third kappa shape index (κ3) is 3.98. The normalized spacial score (nSPS) is 31.0. The highest BCUT2D eigenvalue weighted by Gasteiger charge is 2.37. The molecule has 0 aromatic carbocycles. The lowest BCUT2D eigenvalue weighted by Gasteiger charge is -2.30. The summed E-state index contributed by atoms with van der Waals surface area (Å²) < 4.78 is 0. The molecule has 3 unspecified atom stereocenters. The van der Waals surface area contributed by atoms with E-state index in [9.17, 15) is 9.59 Å². The minimum absolute atomic E-state index is 0.0581. The van der Waals surface area contributed by atoms with E-state index in [1.807, 2.05) is 4.90 Å². The fraction of sp³-hybridized carbons (Fsp3) is 0.882. The molecular formula is C17H29NO3. The highest BCUT2D eigenvalue weighted by atomic mass is 16.4. The first-order valence-corrected chi connectivity index (χ1v) is 8.30. The Bertz CT molecular complexity index is 399. The Labute approximate surface area is 127 Å². The van der Waals surface area contributed by atoms with Crippen molar-refractivity contribution in [1.29, 1.82) is 0 Å². The van der Waals surface area contributed by atoms with E-state index in [0.29, 0.717) is 24.2 Å². The molecule has 0 spiro atoms. The molecule has 1 aliphatic heterocycles. The van der Waals surface area contributed by atoms with Crippen molar-refractivity contribution < 1.29 is 14.7 Å². The molecular weight excluding hydrogens is 266 g/mol. The Morgan fingerprint density at radius 3 is 2.24 bits per heavy atom. The zero-order chi connectivity index (χ0) is 15.6. The number of aliphatic carboxylic acids is 1. The van der Waals surface area contributed by atoms with Gasteiger partial charge in [-0.15, -0.1) is 0 Å². The van der Waals surface area contributed by atoms with Gasteiger partial charge in [-0.3, -0.25) is 9.59 Å². The molecule has 4 nitrogen and oxygen atoms in total. The van der Waals surface area contributed by atoms with Gasteiger partial charge in [0.05, 0.1) is 5.92 Å². The Morgan fingerprint density at radius 2 is 1.67 bits per heavy atom. The summed E-state index contributed by atoms with van der Waals surface area (Å²) in [4.78, 5) is 25.6. The van der Waals surface area contributed by atoms with Gasteiger partial charge in [0.25, 0.3) is 0 Å². The fourth-order valence-corrected chi connectivity index (χ4v) is 3.87. The molecule has 0 aromatic heterocycles. The minimum atomic E-state index is -0.742. The van der Waals surface area contributed by atoms with Crippen molar-refractivity contribution >= 4 is 11.9 Å². The van der Waals surface area contributed by atoms with Crippen molar-refractivity contribution in [2.24, 2.45) is 23.2 Å². The molecule has 0 aromatic rings. The fourth-order valence-electron chi connectivity index (χ4n) is 3.87. The second kappa shape index (κ2) is 6.37.